The molecule has 1 heterocycles. The summed E-state index contributed by atoms with van der Waals surface area (Å²) in [6, 6.07) is 21.3. The van der Waals surface area contributed by atoms with Crippen LogP contribution < -0.4 is 5.73 Å². The number of hydrogen-bond acceptors (Lipinski definition) is 2. The molecule has 2 aromatic rings. The molecule has 1 fully saturated rings. The van der Waals surface area contributed by atoms with E-state index in [2.05, 4.69) is 53.4 Å². The van der Waals surface area contributed by atoms with Gasteiger partial charge in [-0.05, 0) is 11.1 Å². The summed E-state index contributed by atoms with van der Waals surface area (Å²) >= 11 is 0. The first-order valence-electron chi connectivity index (χ1n) is 6.93. The van der Waals surface area contributed by atoms with Crippen LogP contribution in [0.5, 0.6) is 0 Å². The zero-order chi connectivity index (χ0) is 13.9. The highest BCUT2D eigenvalue weighted by molar-refractivity contribution is 5.81. The number of hydrogen-bond donors (Lipinski definition) is 2. The fraction of sp³-hybridized carbons (Fsp3) is 0.235. The third kappa shape index (κ3) is 2.45. The minimum atomic E-state index is 0.213. The highest BCUT2D eigenvalue weighted by atomic mass is 15.2. The maximum atomic E-state index is 7.54. The first kappa shape index (κ1) is 12.9. The topological polar surface area (TPSA) is 53.1 Å². The summed E-state index contributed by atoms with van der Waals surface area (Å²) < 4.78 is 0. The van der Waals surface area contributed by atoms with Crippen LogP contribution in [0.4, 0.5) is 0 Å². The van der Waals surface area contributed by atoms with Gasteiger partial charge in [0.25, 0.3) is 0 Å². The Kier molecular flexibility index (Phi) is 3.52. The van der Waals surface area contributed by atoms with E-state index in [1.807, 2.05) is 12.1 Å². The van der Waals surface area contributed by atoms with E-state index >= 15 is 0 Å². The summed E-state index contributed by atoms with van der Waals surface area (Å²) in [5.41, 5.74) is 8.18. The fourth-order valence-corrected chi connectivity index (χ4v) is 2.80. The minimum absolute atomic E-state index is 0.213. The summed E-state index contributed by atoms with van der Waals surface area (Å²) in [6.45, 7) is 1.73. The number of nitrogens with two attached hydrogens (primary N) is 1. The first-order chi connectivity index (χ1) is 9.75. The zero-order valence-electron chi connectivity index (χ0n) is 11.4. The predicted octanol–water partition coefficient (Wildman–Crippen LogP) is 2.64. The SMILES string of the molecule is N=C(N)C1CN(C(c2ccccc2)c2ccccc2)C1. The lowest BCUT2D eigenvalue weighted by Gasteiger charge is -2.44. The summed E-state index contributed by atoms with van der Waals surface area (Å²) in [5.74, 6) is 0.519. The molecule has 3 N–H and O–H groups in total. The molecule has 0 spiro atoms. The Morgan fingerprint density at radius 3 is 1.80 bits per heavy atom. The van der Waals surface area contributed by atoms with Gasteiger partial charge < -0.3 is 5.73 Å². The van der Waals surface area contributed by atoms with E-state index in [0.29, 0.717) is 5.84 Å². The average molecular weight is 265 g/mol. The van der Waals surface area contributed by atoms with Crippen LogP contribution in [-0.2, 0) is 0 Å². The molecule has 0 aliphatic carbocycles. The predicted molar refractivity (Wildman–Crippen MR) is 81.7 cm³/mol. The van der Waals surface area contributed by atoms with Crippen LogP contribution in [-0.4, -0.2) is 23.8 Å². The second kappa shape index (κ2) is 5.47. The van der Waals surface area contributed by atoms with Crippen molar-refractivity contribution < 1.29 is 0 Å². The normalized spacial score (nSPS) is 16.1. The standard InChI is InChI=1S/C17H19N3/c18-17(19)15-11-20(12-15)16(13-7-3-1-4-8-13)14-9-5-2-6-10-14/h1-10,15-16H,11-12H2,(H3,18,19). The number of likely N-dealkylation sites (tertiary alicyclic amines) is 1. The molecule has 1 aliphatic rings. The third-order valence-electron chi connectivity index (χ3n) is 3.95. The Morgan fingerprint density at radius 1 is 0.950 bits per heavy atom. The van der Waals surface area contributed by atoms with Crippen LogP contribution in [0.25, 0.3) is 0 Å². The molecule has 0 atom stereocenters. The number of amidine groups is 1. The monoisotopic (exact) mass is 265 g/mol. The molecule has 2 aromatic carbocycles. The molecule has 0 amide bonds. The van der Waals surface area contributed by atoms with Gasteiger partial charge in [-0.15, -0.1) is 0 Å². The first-order valence-corrected chi connectivity index (χ1v) is 6.93. The summed E-state index contributed by atoms with van der Waals surface area (Å²) in [5, 5.41) is 7.54. The Labute approximate surface area is 119 Å². The van der Waals surface area contributed by atoms with Gasteiger partial charge in [-0.3, -0.25) is 10.3 Å². The van der Waals surface area contributed by atoms with Crippen molar-refractivity contribution in [1.29, 1.82) is 5.41 Å². The summed E-state index contributed by atoms with van der Waals surface area (Å²) in [7, 11) is 0. The van der Waals surface area contributed by atoms with Gasteiger partial charge in [0.2, 0.25) is 0 Å². The highest BCUT2D eigenvalue weighted by Gasteiger charge is 2.35. The molecule has 0 aromatic heterocycles. The molecule has 3 rings (SSSR count). The minimum Gasteiger partial charge on any atom is -0.387 e. The van der Waals surface area contributed by atoms with Crippen molar-refractivity contribution in [1.82, 2.24) is 4.90 Å². The maximum absolute atomic E-state index is 7.54. The van der Waals surface area contributed by atoms with Crippen molar-refractivity contribution in [2.75, 3.05) is 13.1 Å². The molecule has 3 nitrogen and oxygen atoms in total. The number of rotatable bonds is 4. The van der Waals surface area contributed by atoms with Crippen molar-refractivity contribution in [3.63, 3.8) is 0 Å². The Balaban J connectivity index is 1.88. The van der Waals surface area contributed by atoms with Crippen LogP contribution in [0, 0.1) is 11.3 Å². The highest BCUT2D eigenvalue weighted by Crippen LogP contribution is 2.33. The Bertz CT molecular complexity index is 534. The fourth-order valence-electron chi connectivity index (χ4n) is 2.80. The van der Waals surface area contributed by atoms with Crippen LogP contribution in [0.1, 0.15) is 17.2 Å². The van der Waals surface area contributed by atoms with E-state index in [1.54, 1.807) is 0 Å². The lowest BCUT2D eigenvalue weighted by molar-refractivity contribution is 0.104. The van der Waals surface area contributed by atoms with Crippen molar-refractivity contribution in [2.24, 2.45) is 11.7 Å². The van der Waals surface area contributed by atoms with Gasteiger partial charge in [0.1, 0.15) is 0 Å². The second-order valence-electron chi connectivity index (χ2n) is 5.33. The summed E-state index contributed by atoms with van der Waals surface area (Å²) in [6.07, 6.45) is 0. The van der Waals surface area contributed by atoms with Crippen molar-refractivity contribution in [2.45, 2.75) is 6.04 Å². The van der Waals surface area contributed by atoms with E-state index in [4.69, 9.17) is 11.1 Å². The van der Waals surface area contributed by atoms with Crippen molar-refractivity contribution in [3.05, 3.63) is 71.8 Å². The smallest absolute Gasteiger partial charge is 0.0962 e. The number of nitrogens with one attached hydrogen (secondary N) is 1. The van der Waals surface area contributed by atoms with Gasteiger partial charge in [-0.2, -0.15) is 0 Å². The lowest BCUT2D eigenvalue weighted by atomic mass is 9.90. The largest absolute Gasteiger partial charge is 0.387 e. The zero-order valence-corrected chi connectivity index (χ0v) is 11.4. The molecule has 1 saturated heterocycles. The quantitative estimate of drug-likeness (QED) is 0.659. The van der Waals surface area contributed by atoms with Gasteiger partial charge in [0.15, 0.2) is 0 Å². The van der Waals surface area contributed by atoms with E-state index in [9.17, 15) is 0 Å². The van der Waals surface area contributed by atoms with Crippen LogP contribution >= 0.6 is 0 Å². The summed E-state index contributed by atoms with van der Waals surface area (Å²) in [4.78, 5) is 2.39. The van der Waals surface area contributed by atoms with Gasteiger partial charge in [0, 0.05) is 19.0 Å². The van der Waals surface area contributed by atoms with Crippen LogP contribution in [0.15, 0.2) is 60.7 Å². The van der Waals surface area contributed by atoms with Crippen LogP contribution in [0.3, 0.4) is 0 Å². The molecule has 0 bridgehead atoms. The molecular weight excluding hydrogens is 246 g/mol. The molecule has 102 valence electrons. The van der Waals surface area contributed by atoms with Crippen LogP contribution in [0.2, 0.25) is 0 Å². The van der Waals surface area contributed by atoms with E-state index in [-0.39, 0.29) is 12.0 Å². The van der Waals surface area contributed by atoms with Crippen molar-refractivity contribution in [3.8, 4) is 0 Å². The van der Waals surface area contributed by atoms with Gasteiger partial charge in [-0.25, -0.2) is 0 Å². The van der Waals surface area contributed by atoms with E-state index in [0.717, 1.165) is 13.1 Å². The van der Waals surface area contributed by atoms with E-state index in [1.165, 1.54) is 11.1 Å². The van der Waals surface area contributed by atoms with Gasteiger partial charge in [0.05, 0.1) is 11.9 Å². The van der Waals surface area contributed by atoms with Crippen molar-refractivity contribution >= 4 is 5.84 Å². The van der Waals surface area contributed by atoms with E-state index < -0.39 is 0 Å². The lowest BCUT2D eigenvalue weighted by Crippen LogP contribution is -2.53. The second-order valence-corrected chi connectivity index (χ2v) is 5.33. The molecule has 0 saturated carbocycles. The molecule has 1 aliphatic heterocycles. The molecular formula is C17H19N3. The molecule has 0 unspecified atom stereocenters. The Morgan fingerprint density at radius 2 is 1.40 bits per heavy atom. The molecule has 3 heteroatoms. The maximum Gasteiger partial charge on any atom is 0.0962 e. The number of benzene rings is 2. The Hall–Kier alpha value is -2.13. The van der Waals surface area contributed by atoms with Gasteiger partial charge >= 0.3 is 0 Å². The third-order valence-corrected chi connectivity index (χ3v) is 3.95. The molecule has 0 radical (unpaired) electrons. The average Bonchev–Trinajstić information content (AvgIpc) is 2.43. The molecule has 20 heavy (non-hydrogen) atoms. The van der Waals surface area contributed by atoms with Gasteiger partial charge in [-0.1, -0.05) is 60.7 Å². The number of nitrogens with zero attached hydrogens (tertiary/aromatic N) is 1.